The Kier molecular flexibility index (Phi) is 7.37. The minimum Gasteiger partial charge on any atom is -0.481 e. The first kappa shape index (κ1) is 21.2. The lowest BCUT2D eigenvalue weighted by atomic mass is 9.96. The molecule has 1 aromatic heterocycles. The summed E-state index contributed by atoms with van der Waals surface area (Å²) in [4.78, 5) is 29.2. The molecule has 1 heterocycles. The van der Waals surface area contributed by atoms with Crippen molar-refractivity contribution in [2.24, 2.45) is 0 Å². The molecule has 0 unspecified atom stereocenters. The predicted molar refractivity (Wildman–Crippen MR) is 105 cm³/mol. The normalized spacial score (nSPS) is 10.4. The van der Waals surface area contributed by atoms with Gasteiger partial charge >= 0.3 is 12.1 Å². The van der Waals surface area contributed by atoms with Gasteiger partial charge in [0.1, 0.15) is 0 Å². The van der Waals surface area contributed by atoms with Crippen LogP contribution in [-0.2, 0) is 22.5 Å². The van der Waals surface area contributed by atoms with Crippen molar-refractivity contribution < 1.29 is 24.2 Å². The van der Waals surface area contributed by atoms with Crippen LogP contribution in [0.4, 0.5) is 4.79 Å². The fourth-order valence-corrected chi connectivity index (χ4v) is 2.96. The quantitative estimate of drug-likeness (QED) is 0.745. The van der Waals surface area contributed by atoms with E-state index in [-0.39, 0.29) is 12.5 Å². The first-order valence-corrected chi connectivity index (χ1v) is 9.15. The highest BCUT2D eigenvalue weighted by atomic mass is 16.6. The molecule has 1 aromatic carbocycles. The number of benzene rings is 1. The monoisotopic (exact) mass is 386 g/mol. The number of aliphatic carboxylic acids is 1. The van der Waals surface area contributed by atoms with Crippen molar-refractivity contribution in [3.8, 4) is 17.0 Å². The summed E-state index contributed by atoms with van der Waals surface area (Å²) in [6.07, 6.45) is 0.998. The van der Waals surface area contributed by atoms with Crippen molar-refractivity contribution >= 4 is 12.1 Å². The number of amides is 1. The molecule has 0 aliphatic rings. The van der Waals surface area contributed by atoms with Crippen LogP contribution in [0.2, 0.25) is 0 Å². The number of methoxy groups -OCH3 is 1. The summed E-state index contributed by atoms with van der Waals surface area (Å²) >= 11 is 0. The van der Waals surface area contributed by atoms with Gasteiger partial charge in [0.05, 0.1) is 20.1 Å². The number of pyridine rings is 1. The molecule has 0 spiro atoms. The van der Waals surface area contributed by atoms with Gasteiger partial charge in [0.2, 0.25) is 5.88 Å². The second-order valence-corrected chi connectivity index (χ2v) is 6.34. The van der Waals surface area contributed by atoms with E-state index in [9.17, 15) is 9.59 Å². The summed E-state index contributed by atoms with van der Waals surface area (Å²) in [5.41, 5.74) is 4.06. The third-order valence-corrected chi connectivity index (χ3v) is 4.28. The predicted octanol–water partition coefficient (Wildman–Crippen LogP) is 3.67. The highest BCUT2D eigenvalue weighted by molar-refractivity contribution is 5.76. The van der Waals surface area contributed by atoms with Crippen LogP contribution in [0.3, 0.4) is 0 Å². The second-order valence-electron chi connectivity index (χ2n) is 6.34. The summed E-state index contributed by atoms with van der Waals surface area (Å²) in [5.74, 6) is -0.528. The summed E-state index contributed by atoms with van der Waals surface area (Å²) in [5, 5.41) is 9.09. The number of nitrogens with zero attached hydrogens (tertiary/aromatic N) is 2. The lowest BCUT2D eigenvalue weighted by Crippen LogP contribution is -2.31. The molecule has 150 valence electrons. The number of rotatable bonds is 8. The van der Waals surface area contributed by atoms with Gasteiger partial charge in [-0.3, -0.25) is 4.79 Å². The minimum atomic E-state index is -0.929. The molecule has 2 rings (SSSR count). The molecule has 7 nitrogen and oxygen atoms in total. The van der Waals surface area contributed by atoms with Gasteiger partial charge in [-0.1, -0.05) is 23.8 Å². The average Bonchev–Trinajstić information content (AvgIpc) is 2.66. The summed E-state index contributed by atoms with van der Waals surface area (Å²) in [7, 11) is 1.52. The second kappa shape index (κ2) is 9.73. The van der Waals surface area contributed by atoms with Crippen molar-refractivity contribution in [2.75, 3.05) is 20.3 Å². The standard InChI is InChI=1S/C21H26N2O5/c1-5-23(21(26)28-6-2)13-16-9-14(3)7-8-17(16)18-10-15(11-19(24)25)12-22-20(18)27-4/h7-10,12H,5-6,11,13H2,1-4H3,(H,24,25). The Bertz CT molecular complexity index is 851. The molecule has 0 bridgehead atoms. The largest absolute Gasteiger partial charge is 0.481 e. The van der Waals surface area contributed by atoms with E-state index in [1.165, 1.54) is 13.3 Å². The highest BCUT2D eigenvalue weighted by Gasteiger charge is 2.18. The Morgan fingerprint density at radius 3 is 2.54 bits per heavy atom. The molecular weight excluding hydrogens is 360 g/mol. The molecule has 1 N–H and O–H groups in total. The third kappa shape index (κ3) is 5.22. The Morgan fingerprint density at radius 2 is 1.93 bits per heavy atom. The maximum atomic E-state index is 12.2. The number of hydrogen-bond acceptors (Lipinski definition) is 5. The fraction of sp³-hybridized carbons (Fsp3) is 0.381. The molecule has 2 aromatic rings. The van der Waals surface area contributed by atoms with Gasteiger partial charge in [-0.05, 0) is 43.5 Å². The van der Waals surface area contributed by atoms with Crippen LogP contribution in [-0.4, -0.2) is 47.3 Å². The molecule has 0 aliphatic heterocycles. The van der Waals surface area contributed by atoms with Crippen LogP contribution in [0, 0.1) is 6.92 Å². The number of carbonyl (C=O) groups excluding carboxylic acids is 1. The number of ether oxygens (including phenoxy) is 2. The molecular formula is C21H26N2O5. The Hall–Kier alpha value is -3.09. The molecule has 28 heavy (non-hydrogen) atoms. The SMILES string of the molecule is CCOC(=O)N(CC)Cc1cc(C)ccc1-c1cc(CC(=O)O)cnc1OC. The van der Waals surface area contributed by atoms with E-state index < -0.39 is 5.97 Å². The van der Waals surface area contributed by atoms with Crippen LogP contribution >= 0.6 is 0 Å². The molecule has 0 radical (unpaired) electrons. The fourth-order valence-electron chi connectivity index (χ4n) is 2.96. The number of hydrogen-bond donors (Lipinski definition) is 1. The first-order valence-electron chi connectivity index (χ1n) is 9.15. The number of carboxylic acid groups (broad SMARTS) is 1. The average molecular weight is 386 g/mol. The Morgan fingerprint density at radius 1 is 1.18 bits per heavy atom. The summed E-state index contributed by atoms with van der Waals surface area (Å²) in [6.45, 7) is 6.81. The van der Waals surface area contributed by atoms with Crippen molar-refractivity contribution in [3.05, 3.63) is 47.2 Å². The lowest BCUT2D eigenvalue weighted by Gasteiger charge is -2.22. The Balaban J connectivity index is 2.51. The van der Waals surface area contributed by atoms with Crippen LogP contribution < -0.4 is 4.74 Å². The van der Waals surface area contributed by atoms with E-state index in [4.69, 9.17) is 14.6 Å². The van der Waals surface area contributed by atoms with E-state index >= 15 is 0 Å². The van der Waals surface area contributed by atoms with Crippen LogP contribution in [0.1, 0.15) is 30.5 Å². The van der Waals surface area contributed by atoms with Gasteiger partial charge < -0.3 is 19.5 Å². The van der Waals surface area contributed by atoms with Crippen LogP contribution in [0.15, 0.2) is 30.5 Å². The lowest BCUT2D eigenvalue weighted by molar-refractivity contribution is -0.136. The molecule has 0 saturated heterocycles. The third-order valence-electron chi connectivity index (χ3n) is 4.28. The van der Waals surface area contributed by atoms with Crippen molar-refractivity contribution in [1.29, 1.82) is 0 Å². The summed E-state index contributed by atoms with van der Waals surface area (Å²) in [6, 6.07) is 7.67. The smallest absolute Gasteiger partial charge is 0.410 e. The number of carbonyl (C=O) groups is 2. The van der Waals surface area contributed by atoms with E-state index in [0.717, 1.165) is 16.7 Å². The maximum Gasteiger partial charge on any atom is 0.410 e. The van der Waals surface area contributed by atoms with Gasteiger partial charge in [0.15, 0.2) is 0 Å². The number of carboxylic acids is 1. The van der Waals surface area contributed by atoms with E-state index in [2.05, 4.69) is 4.98 Å². The minimum absolute atomic E-state index is 0.130. The zero-order chi connectivity index (χ0) is 20.7. The topological polar surface area (TPSA) is 89.0 Å². The van der Waals surface area contributed by atoms with Crippen molar-refractivity contribution in [3.63, 3.8) is 0 Å². The maximum absolute atomic E-state index is 12.2. The first-order chi connectivity index (χ1) is 13.4. The van der Waals surface area contributed by atoms with Crippen molar-refractivity contribution in [2.45, 2.75) is 33.7 Å². The van der Waals surface area contributed by atoms with Crippen LogP contribution in [0.5, 0.6) is 5.88 Å². The molecule has 0 saturated carbocycles. The molecule has 7 heteroatoms. The van der Waals surface area contributed by atoms with Gasteiger partial charge in [-0.15, -0.1) is 0 Å². The molecule has 1 amide bonds. The zero-order valence-electron chi connectivity index (χ0n) is 16.7. The van der Waals surface area contributed by atoms with Gasteiger partial charge in [0, 0.05) is 24.8 Å². The van der Waals surface area contributed by atoms with Gasteiger partial charge in [-0.2, -0.15) is 0 Å². The molecule has 0 aliphatic carbocycles. The molecule has 0 fully saturated rings. The van der Waals surface area contributed by atoms with E-state index in [0.29, 0.717) is 36.7 Å². The number of aromatic nitrogens is 1. The molecule has 0 atom stereocenters. The van der Waals surface area contributed by atoms with Crippen LogP contribution in [0.25, 0.3) is 11.1 Å². The zero-order valence-corrected chi connectivity index (χ0v) is 16.7. The van der Waals surface area contributed by atoms with E-state index in [1.54, 1.807) is 17.9 Å². The van der Waals surface area contributed by atoms with Gasteiger partial charge in [0.25, 0.3) is 0 Å². The van der Waals surface area contributed by atoms with Crippen molar-refractivity contribution in [1.82, 2.24) is 9.88 Å². The van der Waals surface area contributed by atoms with E-state index in [1.807, 2.05) is 32.0 Å². The number of aryl methyl sites for hydroxylation is 1. The highest BCUT2D eigenvalue weighted by Crippen LogP contribution is 2.33. The van der Waals surface area contributed by atoms with Gasteiger partial charge in [-0.25, -0.2) is 9.78 Å². The Labute approximate surface area is 164 Å². The summed E-state index contributed by atoms with van der Waals surface area (Å²) < 4.78 is 10.5.